The van der Waals surface area contributed by atoms with Gasteiger partial charge in [-0.3, -0.25) is 4.98 Å². The van der Waals surface area contributed by atoms with Crippen LogP contribution in [0.1, 0.15) is 5.69 Å². The number of halogens is 1. The maximum absolute atomic E-state index is 10.7. The number of hydrogen-bond acceptors (Lipinski definition) is 4. The van der Waals surface area contributed by atoms with Gasteiger partial charge in [0.25, 0.3) is 0 Å². The summed E-state index contributed by atoms with van der Waals surface area (Å²) in [5, 5.41) is 0.594. The van der Waals surface area contributed by atoms with E-state index in [2.05, 4.69) is 9.72 Å². The van der Waals surface area contributed by atoms with Crippen LogP contribution in [0, 0.1) is 0 Å². The second-order valence-corrected chi connectivity index (χ2v) is 2.97. The second kappa shape index (κ2) is 5.57. The minimum Gasteiger partial charge on any atom is -0.467 e. The Bertz CT molecular complexity index is 317. The number of nitrogens with zero attached hydrogens (tertiary/aromatic N) is 1. The van der Waals surface area contributed by atoms with Crippen molar-refractivity contribution in [3.05, 3.63) is 29.0 Å². The van der Waals surface area contributed by atoms with Gasteiger partial charge in [-0.1, -0.05) is 11.6 Å². The van der Waals surface area contributed by atoms with E-state index in [9.17, 15) is 4.79 Å². The monoisotopic (exact) mass is 215 g/mol. The molecule has 0 aromatic carbocycles. The first-order chi connectivity index (χ1) is 6.72. The van der Waals surface area contributed by atoms with Crippen molar-refractivity contribution in [2.45, 2.75) is 6.61 Å². The summed E-state index contributed by atoms with van der Waals surface area (Å²) < 4.78 is 9.43. The Labute approximate surface area is 86.8 Å². The van der Waals surface area contributed by atoms with Crippen LogP contribution in [0.5, 0.6) is 0 Å². The van der Waals surface area contributed by atoms with Crippen molar-refractivity contribution in [3.8, 4) is 0 Å². The number of esters is 1. The van der Waals surface area contributed by atoms with Crippen molar-refractivity contribution >= 4 is 17.6 Å². The summed E-state index contributed by atoms with van der Waals surface area (Å²) in [6.07, 6.45) is 1.58. The lowest BCUT2D eigenvalue weighted by Gasteiger charge is -2.02. The first-order valence-corrected chi connectivity index (χ1v) is 4.35. The molecule has 0 aliphatic carbocycles. The molecule has 0 fully saturated rings. The first-order valence-electron chi connectivity index (χ1n) is 3.97. The highest BCUT2D eigenvalue weighted by molar-refractivity contribution is 6.30. The van der Waals surface area contributed by atoms with Crippen LogP contribution >= 0.6 is 11.6 Å². The van der Waals surface area contributed by atoms with E-state index in [1.807, 2.05) is 0 Å². The standard InChI is InChI=1S/C9H10ClNO3/c1-13-9(12)6-14-5-8-4-7(10)2-3-11-8/h2-4H,5-6H2,1H3. The minimum absolute atomic E-state index is 0.0787. The van der Waals surface area contributed by atoms with E-state index in [1.54, 1.807) is 18.3 Å². The molecule has 0 unspecified atom stereocenters. The summed E-state index contributed by atoms with van der Waals surface area (Å²) in [7, 11) is 1.31. The number of carbonyl (C=O) groups excluding carboxylic acids is 1. The topological polar surface area (TPSA) is 48.4 Å². The Hall–Kier alpha value is -1.13. The highest BCUT2D eigenvalue weighted by Crippen LogP contribution is 2.08. The Balaban J connectivity index is 2.35. The zero-order valence-corrected chi connectivity index (χ0v) is 8.45. The van der Waals surface area contributed by atoms with E-state index in [1.165, 1.54) is 7.11 Å². The van der Waals surface area contributed by atoms with Gasteiger partial charge in [-0.25, -0.2) is 4.79 Å². The van der Waals surface area contributed by atoms with Gasteiger partial charge in [-0.2, -0.15) is 0 Å². The lowest BCUT2D eigenvalue weighted by atomic mass is 10.4. The highest BCUT2D eigenvalue weighted by Gasteiger charge is 2.01. The maximum atomic E-state index is 10.7. The maximum Gasteiger partial charge on any atom is 0.331 e. The summed E-state index contributed by atoms with van der Waals surface area (Å²) in [6, 6.07) is 3.35. The summed E-state index contributed by atoms with van der Waals surface area (Å²) in [5.74, 6) is -0.410. The van der Waals surface area contributed by atoms with E-state index < -0.39 is 5.97 Å². The third-order valence-corrected chi connectivity index (χ3v) is 1.71. The number of pyridine rings is 1. The van der Waals surface area contributed by atoms with E-state index in [-0.39, 0.29) is 13.2 Å². The molecule has 1 aromatic rings. The third-order valence-electron chi connectivity index (χ3n) is 1.48. The Morgan fingerprint density at radius 3 is 3.07 bits per heavy atom. The molecule has 0 radical (unpaired) electrons. The summed E-state index contributed by atoms with van der Waals surface area (Å²) in [4.78, 5) is 14.7. The van der Waals surface area contributed by atoms with Crippen LogP contribution in [0.4, 0.5) is 0 Å². The zero-order chi connectivity index (χ0) is 10.4. The van der Waals surface area contributed by atoms with Crippen LogP contribution in [0.15, 0.2) is 18.3 Å². The Morgan fingerprint density at radius 2 is 2.43 bits per heavy atom. The van der Waals surface area contributed by atoms with Gasteiger partial charge in [0.2, 0.25) is 0 Å². The molecule has 1 rings (SSSR count). The molecule has 0 bridgehead atoms. The molecule has 0 saturated heterocycles. The van der Waals surface area contributed by atoms with Crippen LogP contribution in [0.25, 0.3) is 0 Å². The molecule has 0 atom stereocenters. The molecule has 0 amide bonds. The molecule has 5 heteroatoms. The van der Waals surface area contributed by atoms with Gasteiger partial charge >= 0.3 is 5.97 Å². The van der Waals surface area contributed by atoms with Crippen molar-refractivity contribution in [1.82, 2.24) is 4.98 Å². The fourth-order valence-corrected chi connectivity index (χ4v) is 1.01. The molecule has 0 N–H and O–H groups in total. The summed E-state index contributed by atoms with van der Waals surface area (Å²) >= 11 is 5.73. The van der Waals surface area contributed by atoms with Crippen LogP contribution in [-0.2, 0) is 20.9 Å². The predicted molar refractivity (Wildman–Crippen MR) is 50.9 cm³/mol. The predicted octanol–water partition coefficient (Wildman–Crippen LogP) is 1.42. The van der Waals surface area contributed by atoms with Gasteiger partial charge < -0.3 is 9.47 Å². The number of ether oxygens (including phenoxy) is 2. The van der Waals surface area contributed by atoms with Crippen LogP contribution in [0.2, 0.25) is 5.02 Å². The van der Waals surface area contributed by atoms with Crippen molar-refractivity contribution in [2.75, 3.05) is 13.7 Å². The van der Waals surface area contributed by atoms with Gasteiger partial charge in [-0.05, 0) is 12.1 Å². The molecular formula is C9H10ClNO3. The van der Waals surface area contributed by atoms with Gasteiger partial charge in [-0.15, -0.1) is 0 Å². The molecule has 1 heterocycles. The van der Waals surface area contributed by atoms with Crippen LogP contribution in [0.3, 0.4) is 0 Å². The quantitative estimate of drug-likeness (QED) is 0.713. The lowest BCUT2D eigenvalue weighted by Crippen LogP contribution is -2.10. The number of aromatic nitrogens is 1. The average molecular weight is 216 g/mol. The number of methoxy groups -OCH3 is 1. The van der Waals surface area contributed by atoms with E-state index >= 15 is 0 Å². The molecular weight excluding hydrogens is 206 g/mol. The van der Waals surface area contributed by atoms with Gasteiger partial charge in [0.15, 0.2) is 0 Å². The van der Waals surface area contributed by atoms with Crippen LogP contribution < -0.4 is 0 Å². The average Bonchev–Trinajstić information content (AvgIpc) is 2.17. The minimum atomic E-state index is -0.410. The molecule has 76 valence electrons. The number of hydrogen-bond donors (Lipinski definition) is 0. The largest absolute Gasteiger partial charge is 0.467 e. The van der Waals surface area contributed by atoms with E-state index in [4.69, 9.17) is 16.3 Å². The molecule has 0 aliphatic rings. The van der Waals surface area contributed by atoms with Gasteiger partial charge in [0, 0.05) is 11.2 Å². The first kappa shape index (κ1) is 10.9. The molecule has 0 spiro atoms. The molecule has 1 aromatic heterocycles. The van der Waals surface area contributed by atoms with E-state index in [0.717, 1.165) is 0 Å². The number of rotatable bonds is 4. The van der Waals surface area contributed by atoms with Crippen molar-refractivity contribution in [1.29, 1.82) is 0 Å². The van der Waals surface area contributed by atoms with Crippen molar-refractivity contribution in [2.24, 2.45) is 0 Å². The number of carbonyl (C=O) groups is 1. The van der Waals surface area contributed by atoms with Gasteiger partial charge in [0.05, 0.1) is 19.4 Å². The van der Waals surface area contributed by atoms with E-state index in [0.29, 0.717) is 10.7 Å². The van der Waals surface area contributed by atoms with Crippen molar-refractivity contribution in [3.63, 3.8) is 0 Å². The smallest absolute Gasteiger partial charge is 0.331 e. The Morgan fingerprint density at radius 1 is 1.64 bits per heavy atom. The molecule has 14 heavy (non-hydrogen) atoms. The van der Waals surface area contributed by atoms with Crippen molar-refractivity contribution < 1.29 is 14.3 Å². The molecule has 0 aliphatic heterocycles. The summed E-state index contributed by atoms with van der Waals surface area (Å²) in [6.45, 7) is 0.167. The van der Waals surface area contributed by atoms with Crippen LogP contribution in [-0.4, -0.2) is 24.7 Å². The molecule has 4 nitrogen and oxygen atoms in total. The normalized spacial score (nSPS) is 9.86. The fourth-order valence-electron chi connectivity index (χ4n) is 0.826. The summed E-state index contributed by atoms with van der Waals surface area (Å²) in [5.41, 5.74) is 0.682. The SMILES string of the molecule is COC(=O)COCc1cc(Cl)ccn1. The highest BCUT2D eigenvalue weighted by atomic mass is 35.5. The zero-order valence-electron chi connectivity index (χ0n) is 7.70. The third kappa shape index (κ3) is 3.72. The fraction of sp³-hybridized carbons (Fsp3) is 0.333. The molecule has 0 saturated carbocycles. The Kier molecular flexibility index (Phi) is 4.35. The lowest BCUT2D eigenvalue weighted by molar-refractivity contribution is -0.146. The van der Waals surface area contributed by atoms with Gasteiger partial charge in [0.1, 0.15) is 6.61 Å². The second-order valence-electron chi connectivity index (χ2n) is 2.53.